The molecule has 0 fully saturated rings. The second kappa shape index (κ2) is 8.22. The normalized spacial score (nSPS) is 10.2. The predicted molar refractivity (Wildman–Crippen MR) is 104 cm³/mol. The zero-order valence-electron chi connectivity index (χ0n) is 13.3. The number of aromatic nitrogens is 1. The van der Waals surface area contributed by atoms with Gasteiger partial charge in [-0.2, -0.15) is 0 Å². The first-order valence-corrected chi connectivity index (χ1v) is 8.32. The monoisotopic (exact) mass is 333 g/mol. The maximum atomic E-state index is 5.42. The summed E-state index contributed by atoms with van der Waals surface area (Å²) in [6, 6.07) is 22.5. The van der Waals surface area contributed by atoms with E-state index in [9.17, 15) is 0 Å². The van der Waals surface area contributed by atoms with Crippen molar-refractivity contribution in [3.05, 3.63) is 84.7 Å². The molecule has 0 aliphatic rings. The zero-order chi connectivity index (χ0) is 16.6. The van der Waals surface area contributed by atoms with Crippen molar-refractivity contribution >= 4 is 23.0 Å². The Hall–Kier alpha value is -2.72. The summed E-state index contributed by atoms with van der Waals surface area (Å²) in [7, 11) is 0. The molecule has 3 nitrogen and oxygen atoms in total. The molecule has 0 amide bonds. The topological polar surface area (TPSA) is 37.0 Å². The van der Waals surface area contributed by atoms with Crippen LogP contribution in [0.5, 0.6) is 0 Å². The third kappa shape index (κ3) is 4.40. The maximum Gasteiger partial charge on any atom is 0.170 e. The summed E-state index contributed by atoms with van der Waals surface area (Å²) in [5, 5.41) is 7.18. The van der Waals surface area contributed by atoms with Crippen molar-refractivity contribution < 1.29 is 0 Å². The summed E-state index contributed by atoms with van der Waals surface area (Å²) in [6.07, 6.45) is 4.54. The molecule has 1 aromatic heterocycles. The van der Waals surface area contributed by atoms with E-state index < -0.39 is 0 Å². The molecule has 0 spiro atoms. The molecule has 120 valence electrons. The lowest BCUT2D eigenvalue weighted by Gasteiger charge is -2.14. The average molecular weight is 333 g/mol. The lowest BCUT2D eigenvalue weighted by Crippen LogP contribution is -2.30. The van der Waals surface area contributed by atoms with E-state index in [4.69, 9.17) is 12.2 Å². The molecule has 0 saturated carbocycles. The summed E-state index contributed by atoms with van der Waals surface area (Å²) in [5.41, 5.74) is 4.49. The highest BCUT2D eigenvalue weighted by Gasteiger charge is 2.05. The van der Waals surface area contributed by atoms with Gasteiger partial charge in [-0.05, 0) is 41.9 Å². The van der Waals surface area contributed by atoms with Crippen LogP contribution in [0.4, 0.5) is 5.69 Å². The number of hydrogen-bond donors (Lipinski definition) is 2. The Kier molecular flexibility index (Phi) is 5.53. The fourth-order valence-corrected chi connectivity index (χ4v) is 2.71. The van der Waals surface area contributed by atoms with Crippen molar-refractivity contribution in [2.45, 2.75) is 6.42 Å². The van der Waals surface area contributed by atoms with Crippen LogP contribution in [-0.2, 0) is 6.42 Å². The molecule has 0 aliphatic heterocycles. The molecule has 3 rings (SSSR count). The van der Waals surface area contributed by atoms with Crippen LogP contribution in [0.15, 0.2) is 79.1 Å². The highest BCUT2D eigenvalue weighted by molar-refractivity contribution is 7.80. The van der Waals surface area contributed by atoms with Gasteiger partial charge in [-0.25, -0.2) is 0 Å². The van der Waals surface area contributed by atoms with Crippen LogP contribution >= 0.6 is 12.2 Å². The number of rotatable bonds is 5. The van der Waals surface area contributed by atoms with Gasteiger partial charge in [-0.3, -0.25) is 4.98 Å². The Labute approximate surface area is 147 Å². The summed E-state index contributed by atoms with van der Waals surface area (Å²) >= 11 is 5.42. The van der Waals surface area contributed by atoms with E-state index in [2.05, 4.69) is 39.9 Å². The van der Waals surface area contributed by atoms with Crippen LogP contribution < -0.4 is 10.6 Å². The average Bonchev–Trinajstić information content (AvgIpc) is 2.64. The second-order valence-electron chi connectivity index (χ2n) is 5.40. The van der Waals surface area contributed by atoms with Crippen LogP contribution in [0.1, 0.15) is 5.56 Å². The van der Waals surface area contributed by atoms with Gasteiger partial charge in [0.2, 0.25) is 0 Å². The Balaban J connectivity index is 1.61. The van der Waals surface area contributed by atoms with Gasteiger partial charge in [0, 0.05) is 30.2 Å². The summed E-state index contributed by atoms with van der Waals surface area (Å²) in [5.74, 6) is 0. The Morgan fingerprint density at radius 3 is 2.50 bits per heavy atom. The van der Waals surface area contributed by atoms with Crippen molar-refractivity contribution in [2.75, 3.05) is 11.9 Å². The molecule has 0 atom stereocenters. The van der Waals surface area contributed by atoms with Gasteiger partial charge in [0.25, 0.3) is 0 Å². The minimum atomic E-state index is 0.627. The number of benzene rings is 2. The summed E-state index contributed by atoms with van der Waals surface area (Å²) in [4.78, 5) is 4.12. The number of thiocarbonyl (C=S) groups is 1. The summed E-state index contributed by atoms with van der Waals surface area (Å²) < 4.78 is 0. The molecule has 24 heavy (non-hydrogen) atoms. The van der Waals surface area contributed by atoms with Gasteiger partial charge >= 0.3 is 0 Å². The fraction of sp³-hybridized carbons (Fsp3) is 0.100. The molecule has 0 bridgehead atoms. The molecule has 3 aromatic rings. The molecular formula is C20H19N3S. The lowest BCUT2D eigenvalue weighted by atomic mass is 10.0. The second-order valence-corrected chi connectivity index (χ2v) is 5.81. The third-order valence-electron chi connectivity index (χ3n) is 3.68. The van der Waals surface area contributed by atoms with Crippen molar-refractivity contribution in [1.29, 1.82) is 0 Å². The number of para-hydroxylation sites is 1. The molecule has 2 N–H and O–H groups in total. The predicted octanol–water partition coefficient (Wildman–Crippen LogP) is 4.28. The SMILES string of the molecule is S=C(NCCc1cccnc1)Nc1ccccc1-c1ccccc1. The first-order chi connectivity index (χ1) is 11.8. The van der Waals surface area contributed by atoms with Gasteiger partial charge in [0.15, 0.2) is 5.11 Å². The van der Waals surface area contributed by atoms with E-state index >= 15 is 0 Å². The van der Waals surface area contributed by atoms with E-state index in [1.165, 1.54) is 11.1 Å². The first-order valence-electron chi connectivity index (χ1n) is 7.91. The highest BCUT2D eigenvalue weighted by atomic mass is 32.1. The van der Waals surface area contributed by atoms with E-state index in [1.54, 1.807) is 6.20 Å². The van der Waals surface area contributed by atoms with Crippen LogP contribution in [0, 0.1) is 0 Å². The van der Waals surface area contributed by atoms with Gasteiger partial charge < -0.3 is 10.6 Å². The molecule has 0 aliphatic carbocycles. The maximum absolute atomic E-state index is 5.42. The lowest BCUT2D eigenvalue weighted by molar-refractivity contribution is 0.868. The quantitative estimate of drug-likeness (QED) is 0.684. The fourth-order valence-electron chi connectivity index (χ4n) is 2.49. The molecule has 4 heteroatoms. The van der Waals surface area contributed by atoms with E-state index in [0.717, 1.165) is 24.2 Å². The van der Waals surface area contributed by atoms with Crippen molar-refractivity contribution in [1.82, 2.24) is 10.3 Å². The number of nitrogens with one attached hydrogen (secondary N) is 2. The highest BCUT2D eigenvalue weighted by Crippen LogP contribution is 2.27. The number of anilines is 1. The van der Waals surface area contributed by atoms with E-state index in [-0.39, 0.29) is 0 Å². The van der Waals surface area contributed by atoms with Crippen LogP contribution in [-0.4, -0.2) is 16.6 Å². The smallest absolute Gasteiger partial charge is 0.170 e. The number of hydrogen-bond acceptors (Lipinski definition) is 2. The molecule has 0 unspecified atom stereocenters. The molecule has 2 aromatic carbocycles. The van der Waals surface area contributed by atoms with Crippen molar-refractivity contribution in [3.8, 4) is 11.1 Å². The van der Waals surface area contributed by atoms with E-state index in [1.807, 2.05) is 48.7 Å². The largest absolute Gasteiger partial charge is 0.362 e. The number of pyridine rings is 1. The molecule has 0 saturated heterocycles. The van der Waals surface area contributed by atoms with Gasteiger partial charge in [0.05, 0.1) is 0 Å². The minimum absolute atomic E-state index is 0.627. The van der Waals surface area contributed by atoms with Gasteiger partial charge in [-0.15, -0.1) is 0 Å². The van der Waals surface area contributed by atoms with Gasteiger partial charge in [-0.1, -0.05) is 54.6 Å². The van der Waals surface area contributed by atoms with Crippen molar-refractivity contribution in [2.24, 2.45) is 0 Å². The summed E-state index contributed by atoms with van der Waals surface area (Å²) in [6.45, 7) is 0.769. The number of nitrogens with zero attached hydrogens (tertiary/aromatic N) is 1. The van der Waals surface area contributed by atoms with Crippen LogP contribution in [0.25, 0.3) is 11.1 Å². The zero-order valence-corrected chi connectivity index (χ0v) is 14.1. The van der Waals surface area contributed by atoms with Gasteiger partial charge in [0.1, 0.15) is 0 Å². The Bertz CT molecular complexity index is 788. The van der Waals surface area contributed by atoms with Crippen LogP contribution in [0.3, 0.4) is 0 Å². The molecular weight excluding hydrogens is 314 g/mol. The Morgan fingerprint density at radius 1 is 0.917 bits per heavy atom. The minimum Gasteiger partial charge on any atom is -0.362 e. The standard InChI is InChI=1S/C20H19N3S/c24-20(22-14-12-16-7-6-13-21-15-16)23-19-11-5-4-10-18(19)17-8-2-1-3-9-17/h1-11,13,15H,12,14H2,(H2,22,23,24). The van der Waals surface area contributed by atoms with Crippen LogP contribution in [0.2, 0.25) is 0 Å². The molecule has 0 radical (unpaired) electrons. The third-order valence-corrected chi connectivity index (χ3v) is 3.93. The Morgan fingerprint density at radius 2 is 1.71 bits per heavy atom. The van der Waals surface area contributed by atoms with Crippen molar-refractivity contribution in [3.63, 3.8) is 0 Å². The first kappa shape index (κ1) is 16.1. The molecule has 1 heterocycles. The van der Waals surface area contributed by atoms with E-state index in [0.29, 0.717) is 5.11 Å².